The molecule has 9 heteroatoms. The number of carbonyl (C=O) groups excluding carboxylic acids is 3. The van der Waals surface area contributed by atoms with Crippen molar-refractivity contribution in [2.75, 3.05) is 0 Å². The first-order valence-electron chi connectivity index (χ1n) is 10.2. The van der Waals surface area contributed by atoms with Crippen LogP contribution in [0.3, 0.4) is 0 Å². The van der Waals surface area contributed by atoms with E-state index in [9.17, 15) is 19.2 Å². The number of carboxylic acid groups (broad SMARTS) is 1. The highest BCUT2D eigenvalue weighted by Gasteiger charge is 2.31. The van der Waals surface area contributed by atoms with Crippen LogP contribution in [0.15, 0.2) is 0 Å². The summed E-state index contributed by atoms with van der Waals surface area (Å²) < 4.78 is 0. The van der Waals surface area contributed by atoms with E-state index in [0.29, 0.717) is 12.8 Å². The maximum atomic E-state index is 12.8. The van der Waals surface area contributed by atoms with Crippen LogP contribution in [0.2, 0.25) is 0 Å². The van der Waals surface area contributed by atoms with Crippen LogP contribution in [0, 0.1) is 17.8 Å². The van der Waals surface area contributed by atoms with Gasteiger partial charge < -0.3 is 26.8 Å². The maximum absolute atomic E-state index is 12.8. The maximum Gasteiger partial charge on any atom is 0.325 e. The highest BCUT2D eigenvalue weighted by atomic mass is 16.4. The van der Waals surface area contributed by atoms with E-state index in [1.165, 1.54) is 6.92 Å². The molecule has 4 unspecified atom stereocenters. The van der Waals surface area contributed by atoms with Gasteiger partial charge in [-0.05, 0) is 37.5 Å². The molecule has 4 atom stereocenters. The molecule has 6 N–H and O–H groups in total. The molecular formula is C20H38N4O5. The van der Waals surface area contributed by atoms with Gasteiger partial charge in [0.05, 0.1) is 6.04 Å². The van der Waals surface area contributed by atoms with E-state index in [2.05, 4.69) is 16.0 Å². The van der Waals surface area contributed by atoms with E-state index in [4.69, 9.17) is 10.8 Å². The lowest BCUT2D eigenvalue weighted by molar-refractivity contribution is -0.142. The Morgan fingerprint density at radius 1 is 0.759 bits per heavy atom. The molecule has 0 spiro atoms. The second-order valence-corrected chi connectivity index (χ2v) is 8.73. The van der Waals surface area contributed by atoms with Crippen LogP contribution in [-0.2, 0) is 19.2 Å². The zero-order valence-electron chi connectivity index (χ0n) is 18.6. The Hall–Kier alpha value is -2.16. The summed E-state index contributed by atoms with van der Waals surface area (Å²) in [4.78, 5) is 48.6. The highest BCUT2D eigenvalue weighted by Crippen LogP contribution is 2.09. The number of hydrogen-bond donors (Lipinski definition) is 5. The molecule has 0 fully saturated rings. The van der Waals surface area contributed by atoms with Crippen LogP contribution < -0.4 is 21.7 Å². The quantitative estimate of drug-likeness (QED) is 0.316. The third-order valence-electron chi connectivity index (χ3n) is 4.38. The second kappa shape index (κ2) is 12.4. The third-order valence-corrected chi connectivity index (χ3v) is 4.38. The molecule has 0 aromatic heterocycles. The van der Waals surface area contributed by atoms with Crippen LogP contribution in [0.5, 0.6) is 0 Å². The molecule has 9 nitrogen and oxygen atoms in total. The van der Waals surface area contributed by atoms with Gasteiger partial charge in [0, 0.05) is 0 Å². The van der Waals surface area contributed by atoms with Crippen molar-refractivity contribution in [1.82, 2.24) is 16.0 Å². The van der Waals surface area contributed by atoms with Gasteiger partial charge in [0.15, 0.2) is 0 Å². The zero-order valence-corrected chi connectivity index (χ0v) is 18.6. The van der Waals surface area contributed by atoms with Crippen molar-refractivity contribution in [3.05, 3.63) is 0 Å². The minimum absolute atomic E-state index is 0.0812. The van der Waals surface area contributed by atoms with Crippen molar-refractivity contribution < 1.29 is 24.3 Å². The van der Waals surface area contributed by atoms with Crippen LogP contribution in [0.1, 0.15) is 61.3 Å². The summed E-state index contributed by atoms with van der Waals surface area (Å²) in [5, 5.41) is 16.7. The van der Waals surface area contributed by atoms with Crippen molar-refractivity contribution in [1.29, 1.82) is 0 Å². The average Bonchev–Trinajstić information content (AvgIpc) is 2.56. The van der Waals surface area contributed by atoms with Crippen LogP contribution in [0.25, 0.3) is 0 Å². The summed E-state index contributed by atoms with van der Waals surface area (Å²) in [5.41, 5.74) is 5.90. The monoisotopic (exact) mass is 414 g/mol. The second-order valence-electron chi connectivity index (χ2n) is 8.73. The molecule has 0 aromatic rings. The van der Waals surface area contributed by atoms with Gasteiger partial charge in [-0.25, -0.2) is 0 Å². The van der Waals surface area contributed by atoms with Gasteiger partial charge in [0.1, 0.15) is 18.1 Å². The molecule has 3 amide bonds. The van der Waals surface area contributed by atoms with Crippen molar-refractivity contribution in [2.24, 2.45) is 23.5 Å². The number of nitrogens with two attached hydrogens (primary N) is 1. The topological polar surface area (TPSA) is 151 Å². The molecule has 0 saturated carbocycles. The summed E-state index contributed by atoms with van der Waals surface area (Å²) in [6, 6.07) is -3.58. The lowest BCUT2D eigenvalue weighted by Crippen LogP contribution is -2.58. The molecule has 0 aliphatic rings. The SMILES string of the molecule is CC(C)CC(N)C(=O)NC(C(=O)NC(CC(C)C)C(=O)NC(C)C(=O)O)C(C)C. The fourth-order valence-corrected chi connectivity index (χ4v) is 2.75. The molecule has 0 heterocycles. The van der Waals surface area contributed by atoms with E-state index >= 15 is 0 Å². The highest BCUT2D eigenvalue weighted by molar-refractivity contribution is 5.94. The fourth-order valence-electron chi connectivity index (χ4n) is 2.75. The minimum atomic E-state index is -1.17. The molecule has 0 aliphatic heterocycles. The number of amides is 3. The standard InChI is InChI=1S/C20H38N4O5/c1-10(2)8-14(21)17(25)24-16(12(5)6)19(27)23-15(9-11(3)4)18(26)22-13(7)20(28)29/h10-16H,8-9,21H2,1-7H3,(H,22,26)(H,23,27)(H,24,25)(H,28,29). The largest absolute Gasteiger partial charge is 0.480 e. The molecule has 168 valence electrons. The van der Waals surface area contributed by atoms with Crippen molar-refractivity contribution in [2.45, 2.75) is 85.5 Å². The lowest BCUT2D eigenvalue weighted by atomic mass is 9.98. The van der Waals surface area contributed by atoms with E-state index in [0.717, 1.165) is 0 Å². The number of nitrogens with one attached hydrogen (secondary N) is 3. The third kappa shape index (κ3) is 10.3. The molecule has 29 heavy (non-hydrogen) atoms. The Bertz CT molecular complexity index is 577. The summed E-state index contributed by atoms with van der Waals surface area (Å²) in [6.45, 7) is 12.6. The van der Waals surface area contributed by atoms with Crippen molar-refractivity contribution in [3.63, 3.8) is 0 Å². The Morgan fingerprint density at radius 3 is 1.69 bits per heavy atom. The van der Waals surface area contributed by atoms with E-state index in [1.807, 2.05) is 27.7 Å². The predicted molar refractivity (Wildman–Crippen MR) is 111 cm³/mol. The Morgan fingerprint density at radius 2 is 1.28 bits per heavy atom. The fraction of sp³-hybridized carbons (Fsp3) is 0.800. The number of carboxylic acids is 1. The molecule has 0 rings (SSSR count). The van der Waals surface area contributed by atoms with Crippen molar-refractivity contribution >= 4 is 23.7 Å². The van der Waals surface area contributed by atoms with Crippen LogP contribution in [-0.4, -0.2) is 53.0 Å². The van der Waals surface area contributed by atoms with Gasteiger partial charge in [-0.1, -0.05) is 41.5 Å². The summed E-state index contributed by atoms with van der Waals surface area (Å²) in [5.74, 6) is -2.58. The number of rotatable bonds is 12. The number of aliphatic carboxylic acids is 1. The Labute approximate surface area is 173 Å². The van der Waals surface area contributed by atoms with Crippen LogP contribution in [0.4, 0.5) is 0 Å². The number of carbonyl (C=O) groups is 4. The first-order valence-corrected chi connectivity index (χ1v) is 10.2. The first-order chi connectivity index (χ1) is 13.3. The van der Waals surface area contributed by atoms with Gasteiger partial charge in [0.25, 0.3) is 0 Å². The molecule has 0 saturated heterocycles. The van der Waals surface area contributed by atoms with E-state index in [1.54, 1.807) is 13.8 Å². The minimum Gasteiger partial charge on any atom is -0.480 e. The summed E-state index contributed by atoms with van der Waals surface area (Å²) in [6.07, 6.45) is 0.819. The predicted octanol–water partition coefficient (Wildman–Crippen LogP) is 0.621. The Balaban J connectivity index is 5.26. The zero-order chi connectivity index (χ0) is 22.9. The summed E-state index contributed by atoms with van der Waals surface area (Å²) >= 11 is 0. The van der Waals surface area contributed by atoms with Crippen molar-refractivity contribution in [3.8, 4) is 0 Å². The molecule has 0 radical (unpaired) electrons. The number of hydrogen-bond acceptors (Lipinski definition) is 5. The average molecular weight is 415 g/mol. The van der Waals surface area contributed by atoms with Gasteiger partial charge in [-0.3, -0.25) is 19.2 Å². The Kier molecular flexibility index (Phi) is 11.5. The smallest absolute Gasteiger partial charge is 0.325 e. The molecule has 0 bridgehead atoms. The normalized spacial score (nSPS) is 15.6. The molecular weight excluding hydrogens is 376 g/mol. The molecule has 0 aliphatic carbocycles. The summed E-state index contributed by atoms with van der Waals surface area (Å²) in [7, 11) is 0. The van der Waals surface area contributed by atoms with Gasteiger partial charge in [-0.15, -0.1) is 0 Å². The van der Waals surface area contributed by atoms with E-state index < -0.39 is 47.9 Å². The van der Waals surface area contributed by atoms with Gasteiger partial charge in [-0.2, -0.15) is 0 Å². The van der Waals surface area contributed by atoms with Crippen LogP contribution >= 0.6 is 0 Å². The van der Waals surface area contributed by atoms with Gasteiger partial charge >= 0.3 is 5.97 Å². The molecule has 0 aromatic carbocycles. The first kappa shape index (κ1) is 26.8. The van der Waals surface area contributed by atoms with Gasteiger partial charge in [0.2, 0.25) is 17.7 Å². The lowest BCUT2D eigenvalue weighted by Gasteiger charge is -2.27. The van der Waals surface area contributed by atoms with E-state index in [-0.39, 0.29) is 17.8 Å².